The van der Waals surface area contributed by atoms with E-state index in [0.29, 0.717) is 12.8 Å². The van der Waals surface area contributed by atoms with Crippen LogP contribution in [0.4, 0.5) is 0 Å². The number of nitrogens with zero attached hydrogens (tertiary/aromatic N) is 2. The molecule has 0 saturated heterocycles. The first-order valence-corrected chi connectivity index (χ1v) is 7.71. The normalized spacial score (nSPS) is 14.8. The predicted octanol–water partition coefficient (Wildman–Crippen LogP) is 1.49. The van der Waals surface area contributed by atoms with Crippen molar-refractivity contribution in [3.8, 4) is 0 Å². The van der Waals surface area contributed by atoms with E-state index in [1.54, 1.807) is 7.05 Å². The molecule has 0 bridgehead atoms. The molecular formula is C15H33N3O2. The van der Waals surface area contributed by atoms with Gasteiger partial charge in [0.25, 0.3) is 0 Å². The van der Waals surface area contributed by atoms with Crippen LogP contribution in [0.1, 0.15) is 39.5 Å². The van der Waals surface area contributed by atoms with E-state index in [1.165, 1.54) is 0 Å². The monoisotopic (exact) mass is 287 g/mol. The molecule has 0 amide bonds. The molecule has 20 heavy (non-hydrogen) atoms. The van der Waals surface area contributed by atoms with Crippen LogP contribution in [0.5, 0.6) is 0 Å². The Balaban J connectivity index is 4.13. The molecule has 0 aliphatic rings. The molecule has 0 aromatic carbocycles. The molecule has 2 N–H and O–H groups in total. The predicted molar refractivity (Wildman–Crippen MR) is 84.2 cm³/mol. The third-order valence-electron chi connectivity index (χ3n) is 4.10. The first kappa shape index (κ1) is 19.4. The van der Waals surface area contributed by atoms with Crippen LogP contribution in [0.15, 0.2) is 0 Å². The standard InChI is InChI=1S/C15H33N3O2/c1-6-15(16-3,14(19)20)10-8-12-18(7-2)13-9-11-17(4)5/h16H,6-13H2,1-5H3,(H,19,20). The summed E-state index contributed by atoms with van der Waals surface area (Å²) in [5.74, 6) is -0.738. The van der Waals surface area contributed by atoms with Crippen LogP contribution in [0.25, 0.3) is 0 Å². The van der Waals surface area contributed by atoms with Crippen molar-refractivity contribution in [2.24, 2.45) is 0 Å². The highest BCUT2D eigenvalue weighted by molar-refractivity contribution is 5.78. The maximum absolute atomic E-state index is 11.4. The summed E-state index contributed by atoms with van der Waals surface area (Å²) in [6, 6.07) is 0. The lowest BCUT2D eigenvalue weighted by atomic mass is 9.90. The molecule has 0 saturated carbocycles. The summed E-state index contributed by atoms with van der Waals surface area (Å²) in [6.45, 7) is 8.28. The number of rotatable bonds is 12. The maximum Gasteiger partial charge on any atom is 0.323 e. The van der Waals surface area contributed by atoms with Gasteiger partial charge in [0.15, 0.2) is 0 Å². The van der Waals surface area contributed by atoms with E-state index in [1.807, 2.05) is 6.92 Å². The molecule has 0 radical (unpaired) electrons. The third kappa shape index (κ3) is 6.68. The van der Waals surface area contributed by atoms with Gasteiger partial charge >= 0.3 is 5.97 Å². The van der Waals surface area contributed by atoms with Crippen LogP contribution in [-0.2, 0) is 4.79 Å². The van der Waals surface area contributed by atoms with E-state index in [4.69, 9.17) is 0 Å². The Bertz CT molecular complexity index is 266. The first-order chi connectivity index (χ1) is 9.41. The van der Waals surface area contributed by atoms with Crippen molar-refractivity contribution in [3.63, 3.8) is 0 Å². The van der Waals surface area contributed by atoms with Crippen molar-refractivity contribution in [2.45, 2.75) is 45.1 Å². The van der Waals surface area contributed by atoms with Gasteiger partial charge < -0.3 is 20.2 Å². The number of hydrogen-bond acceptors (Lipinski definition) is 4. The molecule has 0 fully saturated rings. The molecule has 0 aliphatic carbocycles. The molecule has 0 spiro atoms. The molecule has 0 aromatic heterocycles. The van der Waals surface area contributed by atoms with Crippen molar-refractivity contribution in [1.82, 2.24) is 15.1 Å². The quantitative estimate of drug-likeness (QED) is 0.569. The van der Waals surface area contributed by atoms with E-state index in [9.17, 15) is 9.90 Å². The lowest BCUT2D eigenvalue weighted by molar-refractivity contribution is -0.145. The lowest BCUT2D eigenvalue weighted by Crippen LogP contribution is -2.50. The zero-order valence-corrected chi connectivity index (χ0v) is 13.9. The van der Waals surface area contributed by atoms with E-state index in [2.05, 4.69) is 36.1 Å². The molecule has 0 heterocycles. The van der Waals surface area contributed by atoms with Gasteiger partial charge in [0.2, 0.25) is 0 Å². The zero-order valence-electron chi connectivity index (χ0n) is 13.9. The number of nitrogens with one attached hydrogen (secondary N) is 1. The molecule has 120 valence electrons. The van der Waals surface area contributed by atoms with Gasteiger partial charge in [0, 0.05) is 0 Å². The number of carboxylic acid groups (broad SMARTS) is 1. The summed E-state index contributed by atoms with van der Waals surface area (Å²) >= 11 is 0. The minimum atomic E-state index is -0.761. The molecule has 0 aliphatic heterocycles. The number of likely N-dealkylation sites (N-methyl/N-ethyl adjacent to an activating group) is 1. The van der Waals surface area contributed by atoms with Crippen molar-refractivity contribution in [1.29, 1.82) is 0 Å². The largest absolute Gasteiger partial charge is 0.480 e. The van der Waals surface area contributed by atoms with Gasteiger partial charge in [0.05, 0.1) is 0 Å². The summed E-state index contributed by atoms with van der Waals surface area (Å²) in [4.78, 5) is 16.0. The van der Waals surface area contributed by atoms with Crippen molar-refractivity contribution in [2.75, 3.05) is 47.3 Å². The smallest absolute Gasteiger partial charge is 0.323 e. The molecular weight excluding hydrogens is 254 g/mol. The van der Waals surface area contributed by atoms with Gasteiger partial charge in [-0.05, 0) is 73.0 Å². The third-order valence-corrected chi connectivity index (χ3v) is 4.10. The van der Waals surface area contributed by atoms with E-state index >= 15 is 0 Å². The number of hydrogen-bond donors (Lipinski definition) is 2. The summed E-state index contributed by atoms with van der Waals surface area (Å²) in [6.07, 6.45) is 3.37. The highest BCUT2D eigenvalue weighted by Crippen LogP contribution is 2.17. The van der Waals surface area contributed by atoms with Crippen LogP contribution in [0.2, 0.25) is 0 Å². The minimum Gasteiger partial charge on any atom is -0.480 e. The van der Waals surface area contributed by atoms with Crippen molar-refractivity contribution >= 4 is 5.97 Å². The van der Waals surface area contributed by atoms with E-state index < -0.39 is 11.5 Å². The lowest BCUT2D eigenvalue weighted by Gasteiger charge is -2.29. The Hall–Kier alpha value is -0.650. The average molecular weight is 287 g/mol. The second-order valence-electron chi connectivity index (χ2n) is 5.69. The van der Waals surface area contributed by atoms with Crippen molar-refractivity contribution < 1.29 is 9.90 Å². The summed E-state index contributed by atoms with van der Waals surface area (Å²) in [7, 11) is 5.92. The van der Waals surface area contributed by atoms with Crippen molar-refractivity contribution in [3.05, 3.63) is 0 Å². The number of aliphatic carboxylic acids is 1. The fraction of sp³-hybridized carbons (Fsp3) is 0.933. The second kappa shape index (κ2) is 10.1. The number of carboxylic acids is 1. The van der Waals surface area contributed by atoms with Gasteiger partial charge in [-0.3, -0.25) is 4.79 Å². The molecule has 1 unspecified atom stereocenters. The Morgan fingerprint density at radius 3 is 2.15 bits per heavy atom. The topological polar surface area (TPSA) is 55.8 Å². The van der Waals surface area contributed by atoms with E-state index in [0.717, 1.165) is 39.0 Å². The molecule has 1 atom stereocenters. The Morgan fingerprint density at radius 2 is 1.75 bits per heavy atom. The van der Waals surface area contributed by atoms with E-state index in [-0.39, 0.29) is 0 Å². The summed E-state index contributed by atoms with van der Waals surface area (Å²) in [5, 5.41) is 12.4. The summed E-state index contributed by atoms with van der Waals surface area (Å²) < 4.78 is 0. The molecule has 5 nitrogen and oxygen atoms in total. The summed E-state index contributed by atoms with van der Waals surface area (Å²) in [5.41, 5.74) is -0.761. The Kier molecular flexibility index (Phi) is 9.80. The second-order valence-corrected chi connectivity index (χ2v) is 5.69. The van der Waals surface area contributed by atoms with Crippen LogP contribution in [0, 0.1) is 0 Å². The minimum absolute atomic E-state index is 0.617. The van der Waals surface area contributed by atoms with Gasteiger partial charge in [-0.2, -0.15) is 0 Å². The molecule has 0 aromatic rings. The molecule has 0 rings (SSSR count). The van der Waals surface area contributed by atoms with Gasteiger partial charge in [-0.15, -0.1) is 0 Å². The van der Waals surface area contributed by atoms with Crippen LogP contribution >= 0.6 is 0 Å². The average Bonchev–Trinajstić information content (AvgIpc) is 2.41. The Morgan fingerprint density at radius 1 is 1.15 bits per heavy atom. The molecule has 5 heteroatoms. The first-order valence-electron chi connectivity index (χ1n) is 7.71. The maximum atomic E-state index is 11.4. The van der Waals surface area contributed by atoms with Gasteiger partial charge in [-0.1, -0.05) is 13.8 Å². The zero-order chi connectivity index (χ0) is 15.6. The fourth-order valence-electron chi connectivity index (χ4n) is 2.49. The fourth-order valence-corrected chi connectivity index (χ4v) is 2.49. The van der Waals surface area contributed by atoms with Gasteiger partial charge in [0.1, 0.15) is 5.54 Å². The van der Waals surface area contributed by atoms with Crippen LogP contribution < -0.4 is 5.32 Å². The van der Waals surface area contributed by atoms with Crippen LogP contribution in [0.3, 0.4) is 0 Å². The SMILES string of the molecule is CCN(CCCN(C)C)CCCC(CC)(NC)C(=O)O. The van der Waals surface area contributed by atoms with Gasteiger partial charge in [-0.25, -0.2) is 0 Å². The Labute approximate surface area is 124 Å². The van der Waals surface area contributed by atoms with Crippen LogP contribution in [-0.4, -0.2) is 73.7 Å². The highest BCUT2D eigenvalue weighted by atomic mass is 16.4. The highest BCUT2D eigenvalue weighted by Gasteiger charge is 2.34. The number of carbonyl (C=O) groups is 1.